The summed E-state index contributed by atoms with van der Waals surface area (Å²) in [7, 11) is 0. The van der Waals surface area contributed by atoms with Crippen LogP contribution in [0.25, 0.3) is 6.08 Å². The highest BCUT2D eigenvalue weighted by Crippen LogP contribution is 2.29. The Morgan fingerprint density at radius 2 is 1.64 bits per heavy atom. The molecule has 0 spiro atoms. The summed E-state index contributed by atoms with van der Waals surface area (Å²) in [6, 6.07) is 9.92. The van der Waals surface area contributed by atoms with Crippen LogP contribution in [-0.2, 0) is 11.3 Å². The average Bonchev–Trinajstić information content (AvgIpc) is 3.10. The fraction of sp³-hybridized carbons (Fsp3) is 0.652. The van der Waals surface area contributed by atoms with Crippen molar-refractivity contribution in [2.45, 2.75) is 70.4 Å². The number of rotatable bonds is 6. The molecule has 1 saturated heterocycles. The fourth-order valence-corrected chi connectivity index (χ4v) is 4.54. The van der Waals surface area contributed by atoms with Crippen LogP contribution in [0.15, 0.2) is 29.8 Å². The Bertz CT molecular complexity index is 556. The number of nitrogens with zero attached hydrogens (tertiary/aromatic N) is 1. The fourth-order valence-electron chi connectivity index (χ4n) is 4.54. The van der Waals surface area contributed by atoms with Gasteiger partial charge in [-0.25, -0.2) is 0 Å². The van der Waals surface area contributed by atoms with Crippen LogP contribution in [0.1, 0.15) is 68.9 Å². The molecular weight excluding hydrogens is 306 g/mol. The first-order valence-electron chi connectivity index (χ1n) is 10.5. The van der Waals surface area contributed by atoms with Crippen LogP contribution >= 0.6 is 0 Å². The van der Waals surface area contributed by atoms with Gasteiger partial charge in [0.25, 0.3) is 0 Å². The van der Waals surface area contributed by atoms with Crippen molar-refractivity contribution in [3.63, 3.8) is 0 Å². The Kier molecular flexibility index (Phi) is 5.89. The maximum absolute atomic E-state index is 5.92. The lowest BCUT2D eigenvalue weighted by Gasteiger charge is -2.40. The number of hydrogen-bond donors (Lipinski definition) is 0. The summed E-state index contributed by atoms with van der Waals surface area (Å²) in [5.41, 5.74) is 4.28. The SMILES string of the molecule is C(=C1CCN(C2CCC2)CC1)c1ccc(COCC2CCCC2)cc1. The molecule has 0 radical (unpaired) electrons. The van der Waals surface area contributed by atoms with Gasteiger partial charge in [0.05, 0.1) is 6.61 Å². The summed E-state index contributed by atoms with van der Waals surface area (Å²) >= 11 is 0. The highest BCUT2D eigenvalue weighted by molar-refractivity contribution is 5.53. The largest absolute Gasteiger partial charge is 0.376 e. The summed E-state index contributed by atoms with van der Waals surface area (Å²) < 4.78 is 5.92. The number of ether oxygens (including phenoxy) is 1. The lowest BCUT2D eigenvalue weighted by molar-refractivity contribution is 0.0889. The molecular formula is C23H33NO. The normalized spacial score (nSPS) is 23.0. The van der Waals surface area contributed by atoms with E-state index in [9.17, 15) is 0 Å². The van der Waals surface area contributed by atoms with Crippen molar-refractivity contribution in [1.82, 2.24) is 4.90 Å². The van der Waals surface area contributed by atoms with E-state index in [0.29, 0.717) is 0 Å². The molecule has 3 aliphatic rings. The molecule has 4 rings (SSSR count). The van der Waals surface area contributed by atoms with Gasteiger partial charge in [-0.15, -0.1) is 0 Å². The van der Waals surface area contributed by atoms with E-state index >= 15 is 0 Å². The molecule has 25 heavy (non-hydrogen) atoms. The van der Waals surface area contributed by atoms with Crippen LogP contribution in [0.4, 0.5) is 0 Å². The second kappa shape index (κ2) is 8.51. The molecule has 0 amide bonds. The van der Waals surface area contributed by atoms with Crippen LogP contribution < -0.4 is 0 Å². The third-order valence-corrected chi connectivity index (χ3v) is 6.48. The Morgan fingerprint density at radius 3 is 2.28 bits per heavy atom. The number of hydrogen-bond acceptors (Lipinski definition) is 2. The van der Waals surface area contributed by atoms with Gasteiger partial charge in [-0.3, -0.25) is 4.90 Å². The van der Waals surface area contributed by atoms with Gasteiger partial charge in [0.15, 0.2) is 0 Å². The maximum atomic E-state index is 5.92. The summed E-state index contributed by atoms with van der Waals surface area (Å²) in [5.74, 6) is 0.815. The highest BCUT2D eigenvalue weighted by Gasteiger charge is 2.26. The molecule has 2 heteroatoms. The molecule has 2 saturated carbocycles. The van der Waals surface area contributed by atoms with Crippen molar-refractivity contribution in [1.29, 1.82) is 0 Å². The lowest BCUT2D eigenvalue weighted by Crippen LogP contribution is -2.43. The van der Waals surface area contributed by atoms with Crippen LogP contribution in [0.2, 0.25) is 0 Å². The zero-order valence-electron chi connectivity index (χ0n) is 15.6. The Hall–Kier alpha value is -1.12. The Labute approximate surface area is 153 Å². The van der Waals surface area contributed by atoms with Crippen molar-refractivity contribution in [2.75, 3.05) is 19.7 Å². The lowest BCUT2D eigenvalue weighted by atomic mass is 9.89. The van der Waals surface area contributed by atoms with Gasteiger partial charge in [0.2, 0.25) is 0 Å². The third kappa shape index (κ3) is 4.74. The molecule has 2 aliphatic carbocycles. The quantitative estimate of drug-likeness (QED) is 0.685. The van der Waals surface area contributed by atoms with Crippen molar-refractivity contribution in [3.05, 3.63) is 41.0 Å². The molecule has 1 heterocycles. The van der Waals surface area contributed by atoms with Gasteiger partial charge in [-0.2, -0.15) is 0 Å². The van der Waals surface area contributed by atoms with E-state index in [2.05, 4.69) is 35.2 Å². The summed E-state index contributed by atoms with van der Waals surface area (Å²) in [5, 5.41) is 0. The van der Waals surface area contributed by atoms with Gasteiger partial charge in [0.1, 0.15) is 0 Å². The first-order valence-corrected chi connectivity index (χ1v) is 10.5. The molecule has 1 aliphatic heterocycles. The highest BCUT2D eigenvalue weighted by atomic mass is 16.5. The first-order chi connectivity index (χ1) is 12.4. The molecule has 1 aromatic carbocycles. The minimum absolute atomic E-state index is 0.768. The van der Waals surface area contributed by atoms with Crippen LogP contribution in [0.3, 0.4) is 0 Å². The van der Waals surface area contributed by atoms with Crippen molar-refractivity contribution in [2.24, 2.45) is 5.92 Å². The molecule has 2 nitrogen and oxygen atoms in total. The monoisotopic (exact) mass is 339 g/mol. The first kappa shape index (κ1) is 17.3. The summed E-state index contributed by atoms with van der Waals surface area (Å²) in [6.07, 6.45) is 14.8. The van der Waals surface area contributed by atoms with Gasteiger partial charge in [-0.1, -0.05) is 55.2 Å². The van der Waals surface area contributed by atoms with Crippen molar-refractivity contribution >= 4 is 6.08 Å². The standard InChI is InChI=1S/C23H33NO/c1-2-5-21(4-1)17-25-18-22-10-8-19(9-11-22)16-20-12-14-24(15-13-20)23-6-3-7-23/h8-11,16,21,23H,1-7,12-15,17-18H2. The van der Waals surface area contributed by atoms with Crippen LogP contribution in [0, 0.1) is 5.92 Å². The summed E-state index contributed by atoms with van der Waals surface area (Å²) in [4.78, 5) is 2.71. The minimum atomic E-state index is 0.768. The van der Waals surface area contributed by atoms with Gasteiger partial charge in [-0.05, 0) is 55.6 Å². The van der Waals surface area contributed by atoms with Gasteiger partial charge >= 0.3 is 0 Å². The average molecular weight is 340 g/mol. The molecule has 0 unspecified atom stereocenters. The van der Waals surface area contributed by atoms with Crippen LogP contribution in [-0.4, -0.2) is 30.6 Å². The molecule has 136 valence electrons. The van der Waals surface area contributed by atoms with E-state index in [1.807, 2.05) is 0 Å². The van der Waals surface area contributed by atoms with E-state index in [1.165, 1.54) is 82.0 Å². The predicted octanol–water partition coefficient (Wildman–Crippen LogP) is 5.43. The van der Waals surface area contributed by atoms with Gasteiger partial charge in [0, 0.05) is 25.7 Å². The maximum Gasteiger partial charge on any atom is 0.0717 e. The molecule has 0 aromatic heterocycles. The van der Waals surface area contributed by atoms with E-state index < -0.39 is 0 Å². The van der Waals surface area contributed by atoms with Crippen molar-refractivity contribution in [3.8, 4) is 0 Å². The van der Waals surface area contributed by atoms with E-state index in [-0.39, 0.29) is 0 Å². The number of benzene rings is 1. The van der Waals surface area contributed by atoms with Crippen molar-refractivity contribution < 1.29 is 4.74 Å². The zero-order chi connectivity index (χ0) is 16.9. The second-order valence-corrected chi connectivity index (χ2v) is 8.33. The molecule has 0 atom stereocenters. The van der Waals surface area contributed by atoms with E-state index in [4.69, 9.17) is 4.74 Å². The van der Waals surface area contributed by atoms with E-state index in [1.54, 1.807) is 5.57 Å². The smallest absolute Gasteiger partial charge is 0.0717 e. The van der Waals surface area contributed by atoms with Crippen LogP contribution in [0.5, 0.6) is 0 Å². The zero-order valence-corrected chi connectivity index (χ0v) is 15.6. The second-order valence-electron chi connectivity index (χ2n) is 8.33. The van der Waals surface area contributed by atoms with E-state index in [0.717, 1.165) is 25.2 Å². The topological polar surface area (TPSA) is 12.5 Å². The number of likely N-dealkylation sites (tertiary alicyclic amines) is 1. The molecule has 0 N–H and O–H groups in total. The predicted molar refractivity (Wildman–Crippen MR) is 104 cm³/mol. The molecule has 1 aromatic rings. The minimum Gasteiger partial charge on any atom is -0.376 e. The Morgan fingerprint density at radius 1 is 0.920 bits per heavy atom. The number of piperidine rings is 1. The van der Waals surface area contributed by atoms with Gasteiger partial charge < -0.3 is 4.74 Å². The third-order valence-electron chi connectivity index (χ3n) is 6.48. The Balaban J connectivity index is 1.22. The molecule has 3 fully saturated rings. The molecule has 0 bridgehead atoms. The summed E-state index contributed by atoms with van der Waals surface area (Å²) in [6.45, 7) is 4.25.